The SMILES string of the molecule is O=C(NC[C@H](O)C(=O)O)C1CCN(C(=O)C2CC2)CC1. The van der Waals surface area contributed by atoms with Crippen molar-refractivity contribution in [2.75, 3.05) is 19.6 Å². The number of carbonyl (C=O) groups excluding carboxylic acids is 2. The third-order valence-corrected chi connectivity index (χ3v) is 3.86. The fourth-order valence-corrected chi connectivity index (χ4v) is 2.38. The Morgan fingerprint density at radius 2 is 1.70 bits per heavy atom. The standard InChI is InChI=1S/C13H20N2O5/c16-10(13(19)20)7-14-11(17)8-3-5-15(6-4-8)12(18)9-1-2-9/h8-10,16H,1-7H2,(H,14,17)(H,19,20)/t10-/m0/s1. The lowest BCUT2D eigenvalue weighted by molar-refractivity contribution is -0.146. The van der Waals surface area contributed by atoms with Crippen LogP contribution in [0.15, 0.2) is 0 Å². The summed E-state index contributed by atoms with van der Waals surface area (Å²) in [7, 11) is 0. The molecule has 3 N–H and O–H groups in total. The molecule has 1 heterocycles. The van der Waals surface area contributed by atoms with E-state index in [4.69, 9.17) is 10.2 Å². The number of carboxylic acid groups (broad SMARTS) is 1. The van der Waals surface area contributed by atoms with Crippen LogP contribution in [0.5, 0.6) is 0 Å². The van der Waals surface area contributed by atoms with E-state index < -0.39 is 12.1 Å². The molecule has 1 saturated heterocycles. The average Bonchev–Trinajstić information content (AvgIpc) is 3.28. The molecular weight excluding hydrogens is 264 g/mol. The van der Waals surface area contributed by atoms with Gasteiger partial charge in [-0.25, -0.2) is 4.79 Å². The Kier molecular flexibility index (Phi) is 4.59. The number of amides is 2. The lowest BCUT2D eigenvalue weighted by Crippen LogP contribution is -2.45. The summed E-state index contributed by atoms with van der Waals surface area (Å²) in [6.45, 7) is 0.874. The first-order valence-electron chi connectivity index (χ1n) is 6.96. The van der Waals surface area contributed by atoms with Gasteiger partial charge in [0.2, 0.25) is 11.8 Å². The lowest BCUT2D eigenvalue weighted by Gasteiger charge is -2.31. The van der Waals surface area contributed by atoms with Gasteiger partial charge in [0.15, 0.2) is 6.10 Å². The van der Waals surface area contributed by atoms with Crippen LogP contribution < -0.4 is 5.32 Å². The van der Waals surface area contributed by atoms with E-state index in [1.54, 1.807) is 0 Å². The minimum atomic E-state index is -1.57. The van der Waals surface area contributed by atoms with Crippen LogP contribution in [0.25, 0.3) is 0 Å². The molecule has 2 aliphatic rings. The summed E-state index contributed by atoms with van der Waals surface area (Å²) >= 11 is 0. The lowest BCUT2D eigenvalue weighted by atomic mass is 9.95. The molecule has 0 radical (unpaired) electrons. The second kappa shape index (κ2) is 6.21. The summed E-state index contributed by atoms with van der Waals surface area (Å²) in [5.41, 5.74) is 0. The summed E-state index contributed by atoms with van der Waals surface area (Å²) in [6.07, 6.45) is 1.56. The van der Waals surface area contributed by atoms with Gasteiger partial charge < -0.3 is 20.4 Å². The summed E-state index contributed by atoms with van der Waals surface area (Å²) < 4.78 is 0. The molecule has 7 heteroatoms. The molecule has 1 saturated carbocycles. The first-order chi connectivity index (χ1) is 9.49. The molecule has 0 aromatic rings. The highest BCUT2D eigenvalue weighted by molar-refractivity contribution is 5.82. The Balaban J connectivity index is 1.71. The predicted molar refractivity (Wildman–Crippen MR) is 68.7 cm³/mol. The highest BCUT2D eigenvalue weighted by Crippen LogP contribution is 2.32. The van der Waals surface area contributed by atoms with E-state index in [2.05, 4.69) is 5.32 Å². The zero-order valence-electron chi connectivity index (χ0n) is 11.2. The Morgan fingerprint density at radius 1 is 1.10 bits per heavy atom. The van der Waals surface area contributed by atoms with Crippen LogP contribution in [0.2, 0.25) is 0 Å². The van der Waals surface area contributed by atoms with E-state index >= 15 is 0 Å². The number of aliphatic hydroxyl groups is 1. The minimum absolute atomic E-state index is 0.199. The van der Waals surface area contributed by atoms with Crippen molar-refractivity contribution in [1.82, 2.24) is 10.2 Å². The van der Waals surface area contributed by atoms with Crippen molar-refractivity contribution in [2.45, 2.75) is 31.8 Å². The van der Waals surface area contributed by atoms with Gasteiger partial charge in [-0.15, -0.1) is 0 Å². The Hall–Kier alpha value is -1.63. The molecule has 1 aliphatic heterocycles. The fraction of sp³-hybridized carbons (Fsp3) is 0.769. The second-order valence-corrected chi connectivity index (χ2v) is 5.47. The molecular formula is C13H20N2O5. The van der Waals surface area contributed by atoms with Crippen molar-refractivity contribution in [1.29, 1.82) is 0 Å². The van der Waals surface area contributed by atoms with Crippen molar-refractivity contribution in [3.63, 3.8) is 0 Å². The van der Waals surface area contributed by atoms with E-state index in [0.29, 0.717) is 25.9 Å². The molecule has 0 spiro atoms. The van der Waals surface area contributed by atoms with Crippen LogP contribution >= 0.6 is 0 Å². The molecule has 0 aromatic carbocycles. The molecule has 2 fully saturated rings. The van der Waals surface area contributed by atoms with Crippen molar-refractivity contribution >= 4 is 17.8 Å². The zero-order chi connectivity index (χ0) is 14.7. The predicted octanol–water partition coefficient (Wildman–Crippen LogP) is -0.803. The summed E-state index contributed by atoms with van der Waals surface area (Å²) in [4.78, 5) is 35.9. The van der Waals surface area contributed by atoms with Crippen LogP contribution in [-0.4, -0.2) is 58.6 Å². The van der Waals surface area contributed by atoms with Gasteiger partial charge in [-0.05, 0) is 25.7 Å². The number of nitrogens with one attached hydrogen (secondary N) is 1. The van der Waals surface area contributed by atoms with Crippen LogP contribution in [-0.2, 0) is 14.4 Å². The number of aliphatic carboxylic acids is 1. The first-order valence-corrected chi connectivity index (χ1v) is 6.96. The third-order valence-electron chi connectivity index (χ3n) is 3.86. The average molecular weight is 284 g/mol. The number of hydrogen-bond donors (Lipinski definition) is 3. The molecule has 0 bridgehead atoms. The van der Waals surface area contributed by atoms with Gasteiger partial charge in [-0.3, -0.25) is 9.59 Å². The number of aliphatic hydroxyl groups excluding tert-OH is 1. The van der Waals surface area contributed by atoms with E-state index in [1.165, 1.54) is 0 Å². The van der Waals surface area contributed by atoms with Crippen molar-refractivity contribution in [3.8, 4) is 0 Å². The normalized spacial score (nSPS) is 21.4. The second-order valence-electron chi connectivity index (χ2n) is 5.47. The third kappa shape index (κ3) is 3.69. The number of piperidine rings is 1. The first kappa shape index (κ1) is 14.8. The monoisotopic (exact) mass is 284 g/mol. The quantitative estimate of drug-likeness (QED) is 0.612. The maximum absolute atomic E-state index is 11.9. The number of carboxylic acids is 1. The molecule has 2 amide bonds. The van der Waals surface area contributed by atoms with Gasteiger partial charge in [-0.1, -0.05) is 0 Å². The molecule has 2 rings (SSSR count). The molecule has 112 valence electrons. The van der Waals surface area contributed by atoms with Gasteiger partial charge in [0.25, 0.3) is 0 Å². The molecule has 20 heavy (non-hydrogen) atoms. The topological polar surface area (TPSA) is 107 Å². The summed E-state index contributed by atoms with van der Waals surface area (Å²) in [6, 6.07) is 0. The van der Waals surface area contributed by atoms with Gasteiger partial charge in [0.05, 0.1) is 6.54 Å². The highest BCUT2D eigenvalue weighted by atomic mass is 16.4. The van der Waals surface area contributed by atoms with E-state index in [9.17, 15) is 14.4 Å². The van der Waals surface area contributed by atoms with Crippen LogP contribution in [0, 0.1) is 11.8 Å². The smallest absolute Gasteiger partial charge is 0.334 e. The molecule has 0 aromatic heterocycles. The zero-order valence-corrected chi connectivity index (χ0v) is 11.2. The minimum Gasteiger partial charge on any atom is -0.479 e. The number of carbonyl (C=O) groups is 3. The van der Waals surface area contributed by atoms with Crippen molar-refractivity contribution in [2.24, 2.45) is 11.8 Å². The van der Waals surface area contributed by atoms with Crippen LogP contribution in [0.3, 0.4) is 0 Å². The summed E-state index contributed by atoms with van der Waals surface area (Å²) in [5.74, 6) is -1.41. The summed E-state index contributed by atoms with van der Waals surface area (Å²) in [5, 5.41) is 20.0. The van der Waals surface area contributed by atoms with Crippen LogP contribution in [0.4, 0.5) is 0 Å². The maximum atomic E-state index is 11.9. The fourth-order valence-electron chi connectivity index (χ4n) is 2.38. The van der Waals surface area contributed by atoms with Gasteiger partial charge in [0.1, 0.15) is 0 Å². The Bertz CT molecular complexity index is 400. The molecule has 7 nitrogen and oxygen atoms in total. The van der Waals surface area contributed by atoms with Crippen LogP contribution in [0.1, 0.15) is 25.7 Å². The number of nitrogens with zero attached hydrogens (tertiary/aromatic N) is 1. The molecule has 0 unspecified atom stereocenters. The van der Waals surface area contributed by atoms with E-state index in [-0.39, 0.29) is 30.2 Å². The highest BCUT2D eigenvalue weighted by Gasteiger charge is 2.36. The largest absolute Gasteiger partial charge is 0.479 e. The molecule has 1 aliphatic carbocycles. The van der Waals surface area contributed by atoms with Crippen molar-refractivity contribution in [3.05, 3.63) is 0 Å². The molecule has 1 atom stereocenters. The van der Waals surface area contributed by atoms with E-state index in [0.717, 1.165) is 12.8 Å². The Labute approximate surface area is 116 Å². The Morgan fingerprint density at radius 3 is 2.20 bits per heavy atom. The van der Waals surface area contributed by atoms with Gasteiger partial charge in [0, 0.05) is 24.9 Å². The van der Waals surface area contributed by atoms with Crippen molar-refractivity contribution < 1.29 is 24.6 Å². The number of hydrogen-bond acceptors (Lipinski definition) is 4. The number of likely N-dealkylation sites (tertiary alicyclic amines) is 1. The van der Waals surface area contributed by atoms with Gasteiger partial charge in [-0.2, -0.15) is 0 Å². The van der Waals surface area contributed by atoms with Gasteiger partial charge >= 0.3 is 5.97 Å². The maximum Gasteiger partial charge on any atom is 0.334 e. The van der Waals surface area contributed by atoms with E-state index in [1.807, 2.05) is 4.90 Å². The number of rotatable bonds is 5.